The van der Waals surface area contributed by atoms with E-state index >= 15 is 0 Å². The van der Waals surface area contributed by atoms with Gasteiger partial charge in [-0.1, -0.05) is 23.2 Å². The number of rotatable bonds is 2. The Balaban J connectivity index is 2.41. The summed E-state index contributed by atoms with van der Waals surface area (Å²) in [4.78, 5) is 13.0. The molecule has 1 fully saturated rings. The molecular formula is C10H10Cl2N2O2. The molecule has 0 aromatic heterocycles. The largest absolute Gasteiger partial charge is 0.447 e. The molecule has 0 spiro atoms. The van der Waals surface area contributed by atoms with E-state index < -0.39 is 6.09 Å². The van der Waals surface area contributed by atoms with Gasteiger partial charge in [-0.2, -0.15) is 0 Å². The molecular weight excluding hydrogens is 251 g/mol. The molecule has 6 heteroatoms. The van der Waals surface area contributed by atoms with Crippen LogP contribution in [0.4, 0.5) is 10.5 Å². The van der Waals surface area contributed by atoms with Crippen LogP contribution in [0.3, 0.4) is 0 Å². The van der Waals surface area contributed by atoms with Crippen molar-refractivity contribution >= 4 is 35.0 Å². The van der Waals surface area contributed by atoms with Crippen molar-refractivity contribution in [3.05, 3.63) is 28.2 Å². The van der Waals surface area contributed by atoms with E-state index in [1.807, 2.05) is 0 Å². The molecule has 1 aromatic rings. The average molecular weight is 261 g/mol. The Bertz CT molecular complexity index is 425. The molecule has 1 amide bonds. The fourth-order valence-electron chi connectivity index (χ4n) is 1.60. The van der Waals surface area contributed by atoms with Gasteiger partial charge >= 0.3 is 6.09 Å². The molecule has 0 radical (unpaired) electrons. The zero-order valence-electron chi connectivity index (χ0n) is 8.32. The van der Waals surface area contributed by atoms with Gasteiger partial charge in [0.25, 0.3) is 0 Å². The Kier molecular flexibility index (Phi) is 3.23. The van der Waals surface area contributed by atoms with E-state index in [1.54, 1.807) is 18.2 Å². The predicted octanol–water partition coefficient (Wildman–Crippen LogP) is 2.28. The van der Waals surface area contributed by atoms with Gasteiger partial charge in [-0.05, 0) is 18.2 Å². The smallest absolute Gasteiger partial charge is 0.414 e. The molecule has 16 heavy (non-hydrogen) atoms. The van der Waals surface area contributed by atoms with Crippen LogP contribution in [-0.4, -0.2) is 25.3 Å². The minimum absolute atomic E-state index is 0.191. The maximum Gasteiger partial charge on any atom is 0.414 e. The number of carbonyl (C=O) groups excluding carboxylic acids is 1. The summed E-state index contributed by atoms with van der Waals surface area (Å²) in [6, 6.07) is 4.73. The molecule has 1 aliphatic heterocycles. The molecule has 2 N–H and O–H groups in total. The molecule has 1 saturated heterocycles. The molecule has 0 saturated carbocycles. The lowest BCUT2D eigenvalue weighted by atomic mass is 10.2. The van der Waals surface area contributed by atoms with Crippen LogP contribution < -0.4 is 10.6 Å². The lowest BCUT2D eigenvalue weighted by Gasteiger charge is -2.21. The second-order valence-electron chi connectivity index (χ2n) is 3.43. The van der Waals surface area contributed by atoms with Crippen LogP contribution in [0.2, 0.25) is 10.0 Å². The maximum atomic E-state index is 11.6. The highest BCUT2D eigenvalue weighted by atomic mass is 35.5. The third-order valence-corrected chi connectivity index (χ3v) is 2.96. The quantitative estimate of drug-likeness (QED) is 0.888. The van der Waals surface area contributed by atoms with Crippen molar-refractivity contribution in [3.63, 3.8) is 0 Å². The molecule has 0 bridgehead atoms. The average Bonchev–Trinajstić information content (AvgIpc) is 2.63. The first-order valence-corrected chi connectivity index (χ1v) is 5.50. The van der Waals surface area contributed by atoms with Gasteiger partial charge in [0.1, 0.15) is 6.61 Å². The highest BCUT2D eigenvalue weighted by Crippen LogP contribution is 2.32. The fourth-order valence-corrected chi connectivity index (χ4v) is 1.97. The first kappa shape index (κ1) is 11.5. The Morgan fingerprint density at radius 3 is 2.94 bits per heavy atom. The molecule has 1 unspecified atom stereocenters. The van der Waals surface area contributed by atoms with Gasteiger partial charge in [0, 0.05) is 11.6 Å². The Morgan fingerprint density at radius 1 is 1.50 bits per heavy atom. The number of cyclic esters (lactones) is 1. The van der Waals surface area contributed by atoms with Crippen molar-refractivity contribution in [1.29, 1.82) is 0 Å². The fraction of sp³-hybridized carbons (Fsp3) is 0.300. The molecule has 1 atom stereocenters. The molecule has 4 nitrogen and oxygen atoms in total. The van der Waals surface area contributed by atoms with Crippen LogP contribution in [-0.2, 0) is 4.74 Å². The zero-order chi connectivity index (χ0) is 11.7. The van der Waals surface area contributed by atoms with E-state index in [-0.39, 0.29) is 12.6 Å². The van der Waals surface area contributed by atoms with E-state index in [0.29, 0.717) is 22.3 Å². The van der Waals surface area contributed by atoms with Gasteiger partial charge < -0.3 is 10.5 Å². The minimum atomic E-state index is -0.445. The van der Waals surface area contributed by atoms with Crippen LogP contribution in [0.1, 0.15) is 0 Å². The van der Waals surface area contributed by atoms with E-state index in [4.69, 9.17) is 33.7 Å². The lowest BCUT2D eigenvalue weighted by Crippen LogP contribution is -2.39. The maximum absolute atomic E-state index is 11.6. The predicted molar refractivity (Wildman–Crippen MR) is 63.1 cm³/mol. The van der Waals surface area contributed by atoms with Gasteiger partial charge in [0.2, 0.25) is 0 Å². The summed E-state index contributed by atoms with van der Waals surface area (Å²) < 4.78 is 4.92. The second kappa shape index (κ2) is 4.49. The molecule has 1 aromatic carbocycles. The van der Waals surface area contributed by atoms with Crippen LogP contribution >= 0.6 is 23.2 Å². The number of halogens is 2. The topological polar surface area (TPSA) is 55.6 Å². The number of amides is 1. The van der Waals surface area contributed by atoms with E-state index in [2.05, 4.69) is 0 Å². The first-order valence-electron chi connectivity index (χ1n) is 4.74. The standard InChI is InChI=1S/C10H10Cl2N2O2/c11-6-1-2-8(12)9(3-6)14-7(4-13)5-16-10(14)15/h1-3,7H,4-5,13H2. The van der Waals surface area contributed by atoms with Gasteiger partial charge in [0.05, 0.1) is 16.8 Å². The SMILES string of the molecule is NCC1COC(=O)N1c1cc(Cl)ccc1Cl. The van der Waals surface area contributed by atoms with Crippen molar-refractivity contribution in [1.82, 2.24) is 0 Å². The van der Waals surface area contributed by atoms with Crippen molar-refractivity contribution in [2.24, 2.45) is 5.73 Å². The van der Waals surface area contributed by atoms with Gasteiger partial charge in [-0.15, -0.1) is 0 Å². The number of ether oxygens (including phenoxy) is 1. The monoisotopic (exact) mass is 260 g/mol. The minimum Gasteiger partial charge on any atom is -0.447 e. The zero-order valence-corrected chi connectivity index (χ0v) is 9.83. The number of carbonyl (C=O) groups is 1. The van der Waals surface area contributed by atoms with Gasteiger partial charge in [0.15, 0.2) is 0 Å². The highest BCUT2D eigenvalue weighted by molar-refractivity contribution is 6.35. The summed E-state index contributed by atoms with van der Waals surface area (Å²) in [5, 5.41) is 0.955. The lowest BCUT2D eigenvalue weighted by molar-refractivity contribution is 0.179. The third kappa shape index (κ3) is 1.96. The molecule has 1 heterocycles. The molecule has 86 valence electrons. The number of nitrogens with two attached hydrogens (primary N) is 1. The third-order valence-electron chi connectivity index (χ3n) is 2.40. The Labute approximate surface area is 103 Å². The van der Waals surface area contributed by atoms with Crippen LogP contribution in [0.5, 0.6) is 0 Å². The molecule has 1 aliphatic rings. The van der Waals surface area contributed by atoms with Gasteiger partial charge in [-0.3, -0.25) is 4.90 Å². The summed E-state index contributed by atoms with van der Waals surface area (Å²) in [5.74, 6) is 0. The van der Waals surface area contributed by atoms with Crippen molar-refractivity contribution in [2.45, 2.75) is 6.04 Å². The summed E-state index contributed by atoms with van der Waals surface area (Å²) in [5.41, 5.74) is 6.10. The summed E-state index contributed by atoms with van der Waals surface area (Å²) in [7, 11) is 0. The summed E-state index contributed by atoms with van der Waals surface area (Å²) >= 11 is 11.9. The van der Waals surface area contributed by atoms with Crippen molar-refractivity contribution in [3.8, 4) is 0 Å². The Hall–Kier alpha value is -0.970. The van der Waals surface area contributed by atoms with E-state index in [0.717, 1.165) is 0 Å². The number of benzene rings is 1. The van der Waals surface area contributed by atoms with E-state index in [9.17, 15) is 4.79 Å². The highest BCUT2D eigenvalue weighted by Gasteiger charge is 2.34. The van der Waals surface area contributed by atoms with Gasteiger partial charge in [-0.25, -0.2) is 4.79 Å². The second-order valence-corrected chi connectivity index (χ2v) is 4.28. The van der Waals surface area contributed by atoms with Crippen LogP contribution in [0.25, 0.3) is 0 Å². The number of hydrogen-bond acceptors (Lipinski definition) is 3. The number of anilines is 1. The first-order chi connectivity index (χ1) is 7.63. The van der Waals surface area contributed by atoms with Crippen molar-refractivity contribution < 1.29 is 9.53 Å². The number of nitrogens with zero attached hydrogens (tertiary/aromatic N) is 1. The van der Waals surface area contributed by atoms with Crippen LogP contribution in [0, 0.1) is 0 Å². The molecule has 2 rings (SSSR count). The normalized spacial score (nSPS) is 20.1. The van der Waals surface area contributed by atoms with Crippen LogP contribution in [0.15, 0.2) is 18.2 Å². The Morgan fingerprint density at radius 2 is 2.25 bits per heavy atom. The summed E-state index contributed by atoms with van der Waals surface area (Å²) in [6.45, 7) is 0.590. The number of hydrogen-bond donors (Lipinski definition) is 1. The van der Waals surface area contributed by atoms with Crippen molar-refractivity contribution in [2.75, 3.05) is 18.1 Å². The molecule has 0 aliphatic carbocycles. The summed E-state index contributed by atoms with van der Waals surface area (Å²) in [6.07, 6.45) is -0.445. The van der Waals surface area contributed by atoms with E-state index in [1.165, 1.54) is 4.90 Å².